The van der Waals surface area contributed by atoms with Crippen LogP contribution in [0.15, 0.2) is 18.5 Å². The van der Waals surface area contributed by atoms with Crippen LogP contribution in [-0.4, -0.2) is 70.7 Å². The number of nitrogens with two attached hydrogens (primary N) is 1. The van der Waals surface area contributed by atoms with E-state index in [0.717, 1.165) is 18.8 Å². The monoisotopic (exact) mass is 375 g/mol. The maximum atomic E-state index is 13.7. The van der Waals surface area contributed by atoms with Crippen molar-refractivity contribution in [2.24, 2.45) is 0 Å². The summed E-state index contributed by atoms with van der Waals surface area (Å²) in [6, 6.07) is 2.12. The topological polar surface area (TPSA) is 93.3 Å². The average Bonchev–Trinajstić information content (AvgIpc) is 3.39. The highest BCUT2D eigenvalue weighted by Crippen LogP contribution is 2.34. The lowest BCUT2D eigenvalue weighted by Gasteiger charge is -2.29. The van der Waals surface area contributed by atoms with Gasteiger partial charge in [0.2, 0.25) is 11.9 Å². The number of nitrogens with zero attached hydrogens (tertiary/aromatic N) is 6. The minimum absolute atomic E-state index is 0.0581. The van der Waals surface area contributed by atoms with Crippen molar-refractivity contribution in [2.75, 3.05) is 41.8 Å². The van der Waals surface area contributed by atoms with Crippen molar-refractivity contribution in [3.63, 3.8) is 0 Å². The molecule has 2 aromatic heterocycles. The molecule has 0 saturated carbocycles. The standard InChI is InChI=1S/C17H19F2N7O/c18-12-6-25(7-13(12)19)17-23-14(9-3-21-16(20)22-4-9)2-15(24-17)26-5-11-1-10(26)8-27-11/h2-4,10-13H,1,5-8H2,(H2,20,21,22)/t10-,11-,12-,13+/m0/s1. The Morgan fingerprint density at radius 2 is 1.81 bits per heavy atom. The zero-order chi connectivity index (χ0) is 18.5. The molecular formula is C17H19F2N7O. The van der Waals surface area contributed by atoms with Crippen LogP contribution in [0, 0.1) is 0 Å². The normalized spacial score (nSPS) is 29.7. The summed E-state index contributed by atoms with van der Waals surface area (Å²) in [5, 5.41) is 0. The van der Waals surface area contributed by atoms with Gasteiger partial charge in [0.25, 0.3) is 0 Å². The highest BCUT2D eigenvalue weighted by atomic mass is 19.2. The van der Waals surface area contributed by atoms with Crippen molar-refractivity contribution >= 4 is 17.7 Å². The molecule has 0 unspecified atom stereocenters. The van der Waals surface area contributed by atoms with Gasteiger partial charge in [-0.1, -0.05) is 0 Å². The number of hydrogen-bond acceptors (Lipinski definition) is 8. The first kappa shape index (κ1) is 16.5. The predicted molar refractivity (Wildman–Crippen MR) is 95.0 cm³/mol. The number of anilines is 3. The van der Waals surface area contributed by atoms with Crippen LogP contribution in [0.25, 0.3) is 11.3 Å². The zero-order valence-electron chi connectivity index (χ0n) is 14.5. The van der Waals surface area contributed by atoms with Gasteiger partial charge in [-0.2, -0.15) is 4.98 Å². The zero-order valence-corrected chi connectivity index (χ0v) is 14.5. The van der Waals surface area contributed by atoms with Crippen LogP contribution in [0.2, 0.25) is 0 Å². The largest absolute Gasteiger partial charge is 0.374 e. The molecule has 0 aliphatic carbocycles. The molecule has 142 valence electrons. The first-order valence-corrected chi connectivity index (χ1v) is 8.95. The Morgan fingerprint density at radius 3 is 2.44 bits per heavy atom. The molecule has 3 aliphatic heterocycles. The third-order valence-electron chi connectivity index (χ3n) is 5.33. The predicted octanol–water partition coefficient (Wildman–Crippen LogP) is 0.989. The van der Waals surface area contributed by atoms with E-state index in [2.05, 4.69) is 24.8 Å². The van der Waals surface area contributed by atoms with Gasteiger partial charge in [0, 0.05) is 30.6 Å². The van der Waals surface area contributed by atoms with E-state index in [0.29, 0.717) is 23.8 Å². The second-order valence-electron chi connectivity index (χ2n) is 7.18. The van der Waals surface area contributed by atoms with Crippen molar-refractivity contribution in [1.29, 1.82) is 0 Å². The van der Waals surface area contributed by atoms with E-state index in [1.807, 2.05) is 6.07 Å². The van der Waals surface area contributed by atoms with Crippen LogP contribution in [0.5, 0.6) is 0 Å². The second-order valence-corrected chi connectivity index (χ2v) is 7.18. The summed E-state index contributed by atoms with van der Waals surface area (Å²) in [5.41, 5.74) is 6.83. The molecule has 0 aromatic carbocycles. The average molecular weight is 375 g/mol. The maximum absolute atomic E-state index is 13.7. The van der Waals surface area contributed by atoms with Crippen LogP contribution in [0.4, 0.5) is 26.5 Å². The van der Waals surface area contributed by atoms with Crippen LogP contribution in [-0.2, 0) is 4.74 Å². The number of fused-ring (bicyclic) bond motifs is 2. The van der Waals surface area contributed by atoms with Gasteiger partial charge in [-0.25, -0.2) is 23.7 Å². The van der Waals surface area contributed by atoms with Gasteiger partial charge in [0.1, 0.15) is 5.82 Å². The number of hydrogen-bond donors (Lipinski definition) is 1. The molecule has 2 N–H and O–H groups in total. The molecule has 0 radical (unpaired) electrons. The number of halogens is 2. The molecule has 3 fully saturated rings. The molecule has 4 atom stereocenters. The third kappa shape index (κ3) is 2.93. The first-order valence-electron chi connectivity index (χ1n) is 8.95. The van der Waals surface area contributed by atoms with E-state index >= 15 is 0 Å². The molecule has 5 heterocycles. The number of ether oxygens (including phenoxy) is 1. The lowest BCUT2D eigenvalue weighted by atomic mass is 10.2. The molecule has 10 heteroatoms. The SMILES string of the molecule is Nc1ncc(-c2cc(N3C[C@@H]4C[C@H]3CO4)nc(N3C[C@@H](F)[C@@H](F)C3)n2)cn1. The number of aromatic nitrogens is 4. The minimum atomic E-state index is -1.53. The van der Waals surface area contributed by atoms with Crippen molar-refractivity contribution in [2.45, 2.75) is 30.9 Å². The highest BCUT2D eigenvalue weighted by molar-refractivity contribution is 5.65. The number of nitrogen functional groups attached to an aromatic ring is 1. The molecule has 5 rings (SSSR count). The Hall–Kier alpha value is -2.62. The lowest BCUT2D eigenvalue weighted by molar-refractivity contribution is 0.0989. The summed E-state index contributed by atoms with van der Waals surface area (Å²) in [6.45, 7) is 1.29. The summed E-state index contributed by atoms with van der Waals surface area (Å²) >= 11 is 0. The molecule has 0 spiro atoms. The first-order chi connectivity index (χ1) is 13.1. The van der Waals surface area contributed by atoms with Gasteiger partial charge in [-0.05, 0) is 6.42 Å². The fourth-order valence-corrected chi connectivity index (χ4v) is 3.90. The third-order valence-corrected chi connectivity index (χ3v) is 5.33. The van der Waals surface area contributed by atoms with Gasteiger partial charge in [0.15, 0.2) is 12.3 Å². The molecule has 0 amide bonds. The van der Waals surface area contributed by atoms with Crippen molar-refractivity contribution in [1.82, 2.24) is 19.9 Å². The van der Waals surface area contributed by atoms with Crippen LogP contribution in [0.1, 0.15) is 6.42 Å². The summed E-state index contributed by atoms with van der Waals surface area (Å²) in [7, 11) is 0. The summed E-state index contributed by atoms with van der Waals surface area (Å²) < 4.78 is 33.1. The van der Waals surface area contributed by atoms with Crippen molar-refractivity contribution in [3.8, 4) is 11.3 Å². The quantitative estimate of drug-likeness (QED) is 0.849. The fourth-order valence-electron chi connectivity index (χ4n) is 3.90. The van der Waals surface area contributed by atoms with E-state index in [1.165, 1.54) is 0 Å². The second kappa shape index (κ2) is 6.22. The molecule has 2 bridgehead atoms. The molecular weight excluding hydrogens is 356 g/mol. The molecule has 3 aliphatic rings. The summed E-state index contributed by atoms with van der Waals surface area (Å²) in [6.07, 6.45) is 1.26. The van der Waals surface area contributed by atoms with E-state index in [1.54, 1.807) is 17.3 Å². The van der Waals surface area contributed by atoms with Gasteiger partial charge in [0.05, 0.1) is 37.5 Å². The van der Waals surface area contributed by atoms with Crippen molar-refractivity contribution in [3.05, 3.63) is 18.5 Å². The maximum Gasteiger partial charge on any atom is 0.228 e. The Morgan fingerprint density at radius 1 is 1.07 bits per heavy atom. The van der Waals surface area contributed by atoms with E-state index in [9.17, 15) is 8.78 Å². The lowest BCUT2D eigenvalue weighted by Crippen LogP contribution is -2.38. The Balaban J connectivity index is 1.55. The Labute approximate surface area is 154 Å². The van der Waals surface area contributed by atoms with E-state index < -0.39 is 12.3 Å². The summed E-state index contributed by atoms with van der Waals surface area (Å²) in [5.74, 6) is 1.20. The Bertz CT molecular complexity index is 842. The highest BCUT2D eigenvalue weighted by Gasteiger charge is 2.40. The van der Waals surface area contributed by atoms with E-state index in [-0.39, 0.29) is 31.2 Å². The minimum Gasteiger partial charge on any atom is -0.374 e. The number of alkyl halides is 2. The van der Waals surface area contributed by atoms with Crippen LogP contribution >= 0.6 is 0 Å². The van der Waals surface area contributed by atoms with Crippen LogP contribution in [0.3, 0.4) is 0 Å². The molecule has 27 heavy (non-hydrogen) atoms. The number of rotatable bonds is 3. The van der Waals surface area contributed by atoms with Crippen molar-refractivity contribution < 1.29 is 13.5 Å². The van der Waals surface area contributed by atoms with Gasteiger partial charge in [-0.3, -0.25) is 0 Å². The fraction of sp³-hybridized carbons (Fsp3) is 0.529. The number of morpholine rings is 1. The summed E-state index contributed by atoms with van der Waals surface area (Å²) in [4.78, 5) is 20.9. The van der Waals surface area contributed by atoms with Gasteiger partial charge in [-0.15, -0.1) is 0 Å². The van der Waals surface area contributed by atoms with Gasteiger partial charge < -0.3 is 20.3 Å². The van der Waals surface area contributed by atoms with E-state index in [4.69, 9.17) is 10.5 Å². The smallest absolute Gasteiger partial charge is 0.228 e. The molecule has 2 aromatic rings. The Kier molecular flexibility index (Phi) is 3.81. The van der Waals surface area contributed by atoms with Gasteiger partial charge >= 0.3 is 0 Å². The molecule has 3 saturated heterocycles. The molecule has 8 nitrogen and oxygen atoms in total. The van der Waals surface area contributed by atoms with Crippen LogP contribution < -0.4 is 15.5 Å².